The highest BCUT2D eigenvalue weighted by atomic mass is 35.5. The Kier molecular flexibility index (Phi) is 3.07. The number of esters is 1. The van der Waals surface area contributed by atoms with Gasteiger partial charge < -0.3 is 4.74 Å². The predicted octanol–water partition coefficient (Wildman–Crippen LogP) is 1.23. The lowest BCUT2D eigenvalue weighted by atomic mass is 9.96. The zero-order valence-electron chi connectivity index (χ0n) is 6.91. The fraction of sp³-hybridized carbons (Fsp3) is 0.222. The van der Waals surface area contributed by atoms with Crippen LogP contribution in [0.2, 0.25) is 0 Å². The molecule has 0 bridgehead atoms. The quantitative estimate of drug-likeness (QED) is 0.470. The molecule has 0 heterocycles. The number of carbonyl (C=O) groups excluding carboxylic acids is 2. The molecule has 0 amide bonds. The number of rotatable bonds is 1. The van der Waals surface area contributed by atoms with Crippen LogP contribution in [0.1, 0.15) is 0 Å². The summed E-state index contributed by atoms with van der Waals surface area (Å²) >= 11 is 5.63. The van der Waals surface area contributed by atoms with Crippen LogP contribution in [-0.4, -0.2) is 19.0 Å². The Hall–Kier alpha value is -1.31. The lowest BCUT2D eigenvalue weighted by Crippen LogP contribution is -2.17. The Labute approximate surface area is 80.3 Å². The number of hydrogen-bond donors (Lipinski definition) is 0. The highest BCUT2D eigenvalue weighted by Crippen LogP contribution is 2.23. The van der Waals surface area contributed by atoms with E-state index in [1.54, 1.807) is 12.0 Å². The smallest absolute Gasteiger partial charge is 0.317 e. The van der Waals surface area contributed by atoms with Crippen molar-refractivity contribution < 1.29 is 14.3 Å². The fourth-order valence-corrected chi connectivity index (χ4v) is 1.19. The molecule has 1 unspecified atom stereocenters. The summed E-state index contributed by atoms with van der Waals surface area (Å²) in [6.45, 7) is 0. The second kappa shape index (κ2) is 4.08. The molecule has 4 heteroatoms. The van der Waals surface area contributed by atoms with Crippen molar-refractivity contribution in [3.8, 4) is 0 Å². The number of carbonyl (C=O) groups is 1. The number of halogens is 1. The molecule has 0 radical (unpaired) electrons. The van der Waals surface area contributed by atoms with Crippen LogP contribution in [0.4, 0.5) is 0 Å². The molecule has 0 aromatic carbocycles. The Morgan fingerprint density at radius 2 is 2.38 bits per heavy atom. The van der Waals surface area contributed by atoms with Crippen molar-refractivity contribution >= 4 is 23.5 Å². The van der Waals surface area contributed by atoms with E-state index in [9.17, 15) is 9.59 Å². The van der Waals surface area contributed by atoms with Gasteiger partial charge in [0.15, 0.2) is 0 Å². The first-order valence-electron chi connectivity index (χ1n) is 3.57. The van der Waals surface area contributed by atoms with Crippen LogP contribution in [-0.2, 0) is 14.3 Å². The standard InChI is InChI=1S/C9H7ClO3/c1-13-9(12)8-3-2-7(10)4-6(8)5-11/h2-4,8H,1H3. The summed E-state index contributed by atoms with van der Waals surface area (Å²) in [4.78, 5) is 21.5. The van der Waals surface area contributed by atoms with E-state index < -0.39 is 11.9 Å². The molecular weight excluding hydrogens is 192 g/mol. The summed E-state index contributed by atoms with van der Waals surface area (Å²) in [5, 5.41) is 0.401. The molecule has 0 saturated carbocycles. The summed E-state index contributed by atoms with van der Waals surface area (Å²) in [5.74, 6) is 0.487. The minimum Gasteiger partial charge on any atom is -0.468 e. The number of allylic oxidation sites excluding steroid dienone is 3. The minimum atomic E-state index is -0.676. The van der Waals surface area contributed by atoms with Crippen molar-refractivity contribution in [3.05, 3.63) is 28.8 Å². The Balaban J connectivity index is 2.98. The van der Waals surface area contributed by atoms with Crippen LogP contribution in [0.5, 0.6) is 0 Å². The monoisotopic (exact) mass is 198 g/mol. The molecule has 1 aliphatic carbocycles. The van der Waals surface area contributed by atoms with Gasteiger partial charge in [-0.25, -0.2) is 4.79 Å². The molecule has 0 aliphatic heterocycles. The molecule has 0 saturated heterocycles. The van der Waals surface area contributed by atoms with Gasteiger partial charge in [-0.2, -0.15) is 0 Å². The van der Waals surface area contributed by atoms with E-state index in [-0.39, 0.29) is 5.57 Å². The highest BCUT2D eigenvalue weighted by Gasteiger charge is 2.23. The first-order valence-corrected chi connectivity index (χ1v) is 3.95. The Bertz CT molecular complexity index is 335. The van der Waals surface area contributed by atoms with Crippen LogP contribution in [0, 0.1) is 5.92 Å². The van der Waals surface area contributed by atoms with Gasteiger partial charge >= 0.3 is 5.97 Å². The molecule has 0 spiro atoms. The average Bonchev–Trinajstić information content (AvgIpc) is 2.16. The van der Waals surface area contributed by atoms with E-state index in [4.69, 9.17) is 11.6 Å². The summed E-state index contributed by atoms with van der Waals surface area (Å²) in [6, 6.07) is 0. The van der Waals surface area contributed by atoms with Crippen molar-refractivity contribution in [1.29, 1.82) is 0 Å². The van der Waals surface area contributed by atoms with Gasteiger partial charge in [0.25, 0.3) is 0 Å². The third-order valence-electron chi connectivity index (χ3n) is 1.65. The average molecular weight is 199 g/mol. The molecule has 1 atom stereocenters. The van der Waals surface area contributed by atoms with Crippen LogP contribution in [0.15, 0.2) is 28.8 Å². The van der Waals surface area contributed by atoms with Gasteiger partial charge in [-0.3, -0.25) is 4.79 Å². The van der Waals surface area contributed by atoms with Gasteiger partial charge in [-0.1, -0.05) is 17.7 Å². The van der Waals surface area contributed by atoms with E-state index in [2.05, 4.69) is 4.74 Å². The number of hydrogen-bond acceptors (Lipinski definition) is 3. The molecule has 0 aromatic heterocycles. The van der Waals surface area contributed by atoms with E-state index >= 15 is 0 Å². The molecule has 1 aliphatic rings. The normalized spacial score (nSPS) is 20.6. The Morgan fingerprint density at radius 1 is 1.69 bits per heavy atom. The summed E-state index contributed by atoms with van der Waals surface area (Å²) < 4.78 is 4.49. The van der Waals surface area contributed by atoms with E-state index in [1.807, 2.05) is 0 Å². The van der Waals surface area contributed by atoms with Crippen LogP contribution < -0.4 is 0 Å². The van der Waals surface area contributed by atoms with Gasteiger partial charge in [0.1, 0.15) is 11.9 Å². The fourth-order valence-electron chi connectivity index (χ4n) is 1.00. The van der Waals surface area contributed by atoms with Crippen molar-refractivity contribution in [1.82, 2.24) is 0 Å². The lowest BCUT2D eigenvalue weighted by molar-refractivity contribution is -0.142. The first-order chi connectivity index (χ1) is 6.19. The molecule has 0 N–H and O–H groups in total. The lowest BCUT2D eigenvalue weighted by Gasteiger charge is -2.11. The molecule has 0 aromatic rings. The topological polar surface area (TPSA) is 43.4 Å². The second-order valence-corrected chi connectivity index (χ2v) is 2.88. The maximum Gasteiger partial charge on any atom is 0.317 e. The summed E-state index contributed by atoms with van der Waals surface area (Å²) in [6.07, 6.45) is 4.45. The van der Waals surface area contributed by atoms with Gasteiger partial charge in [-0.05, 0) is 12.2 Å². The summed E-state index contributed by atoms with van der Waals surface area (Å²) in [5.41, 5.74) is 0.194. The van der Waals surface area contributed by atoms with Gasteiger partial charge in [0, 0.05) is 5.03 Å². The van der Waals surface area contributed by atoms with Crippen molar-refractivity contribution in [2.75, 3.05) is 7.11 Å². The van der Waals surface area contributed by atoms with E-state index in [0.717, 1.165) is 0 Å². The van der Waals surface area contributed by atoms with Gasteiger partial charge in [0.2, 0.25) is 0 Å². The maximum atomic E-state index is 11.1. The third kappa shape index (κ3) is 2.08. The molecular formula is C9H7ClO3. The molecule has 0 fully saturated rings. The van der Waals surface area contributed by atoms with Gasteiger partial charge in [0.05, 0.1) is 12.7 Å². The molecule has 68 valence electrons. The summed E-state index contributed by atoms with van der Waals surface area (Å²) in [7, 11) is 1.26. The highest BCUT2D eigenvalue weighted by molar-refractivity contribution is 6.31. The number of methoxy groups -OCH3 is 1. The van der Waals surface area contributed by atoms with Crippen molar-refractivity contribution in [2.45, 2.75) is 0 Å². The van der Waals surface area contributed by atoms with Crippen molar-refractivity contribution in [3.63, 3.8) is 0 Å². The van der Waals surface area contributed by atoms with Crippen molar-refractivity contribution in [2.24, 2.45) is 5.92 Å². The zero-order valence-corrected chi connectivity index (χ0v) is 7.67. The van der Waals surface area contributed by atoms with Crippen LogP contribution in [0.3, 0.4) is 0 Å². The maximum absolute atomic E-state index is 11.1. The van der Waals surface area contributed by atoms with E-state index in [1.165, 1.54) is 19.3 Å². The number of ether oxygens (including phenoxy) is 1. The van der Waals surface area contributed by atoms with Crippen LogP contribution in [0.25, 0.3) is 0 Å². The van der Waals surface area contributed by atoms with Crippen LogP contribution >= 0.6 is 11.6 Å². The molecule has 13 heavy (non-hydrogen) atoms. The molecule has 1 rings (SSSR count). The predicted molar refractivity (Wildman–Crippen MR) is 47.8 cm³/mol. The minimum absolute atomic E-state index is 0.194. The molecule has 3 nitrogen and oxygen atoms in total. The zero-order chi connectivity index (χ0) is 9.84. The second-order valence-electron chi connectivity index (χ2n) is 2.45. The third-order valence-corrected chi connectivity index (χ3v) is 1.88. The van der Waals surface area contributed by atoms with E-state index in [0.29, 0.717) is 5.03 Å². The van der Waals surface area contributed by atoms with Gasteiger partial charge in [-0.15, -0.1) is 0 Å². The SMILES string of the molecule is COC(=O)C1C=CC(Cl)=CC1=C=O. The first kappa shape index (κ1) is 9.78. The largest absolute Gasteiger partial charge is 0.468 e. The Morgan fingerprint density at radius 3 is 2.92 bits per heavy atom.